The normalized spacial score (nSPS) is 26.5. The van der Waals surface area contributed by atoms with Crippen molar-refractivity contribution in [1.82, 2.24) is 14.9 Å². The summed E-state index contributed by atoms with van der Waals surface area (Å²) in [7, 11) is 0. The number of anilines is 2. The van der Waals surface area contributed by atoms with Gasteiger partial charge in [-0.2, -0.15) is 0 Å². The van der Waals surface area contributed by atoms with Gasteiger partial charge in [0, 0.05) is 74.5 Å². The molecule has 0 saturated carbocycles. The Kier molecular flexibility index (Phi) is 8.38. The Labute approximate surface area is 266 Å². The summed E-state index contributed by atoms with van der Waals surface area (Å²) >= 11 is 0. The molecule has 3 aliphatic rings. The molecule has 46 heavy (non-hydrogen) atoms. The smallest absolute Gasteiger partial charge is 0.335 e. The maximum absolute atomic E-state index is 11.6. The van der Waals surface area contributed by atoms with Gasteiger partial charge in [-0.05, 0) is 49.6 Å². The second-order valence-electron chi connectivity index (χ2n) is 12.4. The van der Waals surface area contributed by atoms with Gasteiger partial charge < -0.3 is 39.7 Å². The number of benzene rings is 2. The fourth-order valence-electron chi connectivity index (χ4n) is 7.09. The molecular formula is C34H39N5O7. The Morgan fingerprint density at radius 3 is 2.26 bits per heavy atom. The quantitative estimate of drug-likeness (QED) is 0.247. The van der Waals surface area contributed by atoms with Crippen molar-refractivity contribution in [1.29, 1.82) is 0 Å². The van der Waals surface area contributed by atoms with Crippen LogP contribution < -0.4 is 14.5 Å². The number of aliphatic hydroxyl groups excluding tert-OH is 3. The molecule has 242 valence electrons. The predicted molar refractivity (Wildman–Crippen MR) is 172 cm³/mol. The molecule has 4 aromatic rings. The largest absolute Gasteiger partial charge is 0.479 e. The van der Waals surface area contributed by atoms with Crippen LogP contribution in [0.2, 0.25) is 0 Å². The first-order valence-corrected chi connectivity index (χ1v) is 15.8. The molecule has 5 atom stereocenters. The maximum atomic E-state index is 11.6. The fourth-order valence-corrected chi connectivity index (χ4v) is 7.09. The van der Waals surface area contributed by atoms with E-state index in [-0.39, 0.29) is 0 Å². The summed E-state index contributed by atoms with van der Waals surface area (Å²) in [5.74, 6) is -1.13. The van der Waals surface area contributed by atoms with Crippen LogP contribution in [0.1, 0.15) is 18.4 Å². The first kappa shape index (κ1) is 30.6. The molecule has 0 radical (unpaired) electrons. The number of hydrogen-bond acceptors (Lipinski definition) is 11. The number of pyridine rings is 2. The molecule has 3 fully saturated rings. The van der Waals surface area contributed by atoms with Crippen LogP contribution in [0.15, 0.2) is 60.9 Å². The topological polar surface area (TPSA) is 152 Å². The van der Waals surface area contributed by atoms with Gasteiger partial charge in [-0.15, -0.1) is 0 Å². The number of fused-ring (bicyclic) bond motifs is 2. The fraction of sp³-hybridized carbons (Fsp3) is 0.441. The number of aliphatic carboxylic acids is 1. The Hall–Kier alpha value is -4.07. The zero-order valence-corrected chi connectivity index (χ0v) is 25.6. The molecule has 3 saturated heterocycles. The second-order valence-corrected chi connectivity index (χ2v) is 12.4. The average molecular weight is 630 g/mol. The number of aryl methyl sites for hydroxylation is 1. The molecule has 12 heteroatoms. The summed E-state index contributed by atoms with van der Waals surface area (Å²) in [6, 6.07) is 16.3. The first-order valence-electron chi connectivity index (χ1n) is 15.8. The summed E-state index contributed by atoms with van der Waals surface area (Å²) < 4.78 is 11.3. The molecule has 0 spiro atoms. The minimum atomic E-state index is -1.79. The molecular weight excluding hydrogens is 590 g/mol. The molecule has 2 aromatic heterocycles. The number of piperazine rings is 1. The maximum Gasteiger partial charge on any atom is 0.335 e. The number of carboxylic acid groups (broad SMARTS) is 1. The Morgan fingerprint density at radius 1 is 0.826 bits per heavy atom. The molecule has 2 aromatic carbocycles. The van der Waals surface area contributed by atoms with Crippen LogP contribution in [0.5, 0.6) is 5.75 Å². The minimum absolute atomic E-state index is 0.334. The molecule has 5 heterocycles. The summed E-state index contributed by atoms with van der Waals surface area (Å²) in [6.45, 7) is 7.47. The molecule has 7 rings (SSSR count). The highest BCUT2D eigenvalue weighted by Crippen LogP contribution is 2.35. The molecule has 0 aliphatic carbocycles. The number of ether oxygens (including phenoxy) is 2. The number of rotatable bonds is 6. The van der Waals surface area contributed by atoms with Gasteiger partial charge in [-0.25, -0.2) is 4.79 Å². The van der Waals surface area contributed by atoms with Crippen molar-refractivity contribution in [2.45, 2.75) is 56.5 Å². The molecule has 0 amide bonds. The lowest BCUT2D eigenvalue weighted by molar-refractivity contribution is -0.271. The van der Waals surface area contributed by atoms with Crippen LogP contribution in [0.4, 0.5) is 11.4 Å². The van der Waals surface area contributed by atoms with Gasteiger partial charge in [0.15, 0.2) is 6.10 Å². The summed E-state index contributed by atoms with van der Waals surface area (Å²) in [5.41, 5.74) is 5.19. The Morgan fingerprint density at radius 2 is 1.52 bits per heavy atom. The number of piperidine rings is 1. The van der Waals surface area contributed by atoms with E-state index in [4.69, 9.17) is 14.5 Å². The van der Waals surface area contributed by atoms with Gasteiger partial charge >= 0.3 is 5.97 Å². The van der Waals surface area contributed by atoms with Gasteiger partial charge in [0.2, 0.25) is 6.29 Å². The van der Waals surface area contributed by atoms with E-state index in [0.29, 0.717) is 11.8 Å². The number of carbonyl (C=O) groups is 1. The van der Waals surface area contributed by atoms with E-state index in [1.54, 1.807) is 12.3 Å². The Bertz CT molecular complexity index is 1720. The number of nitrogens with zero attached hydrogens (tertiary/aromatic N) is 5. The average Bonchev–Trinajstić information content (AvgIpc) is 3.08. The van der Waals surface area contributed by atoms with Gasteiger partial charge in [0.05, 0.1) is 22.4 Å². The number of carboxylic acids is 1. The lowest BCUT2D eigenvalue weighted by Crippen LogP contribution is -2.61. The van der Waals surface area contributed by atoms with Crippen LogP contribution in [-0.2, 0) is 9.53 Å². The number of hydrogen-bond donors (Lipinski definition) is 4. The van der Waals surface area contributed by atoms with Crippen LogP contribution in [0.3, 0.4) is 0 Å². The highest BCUT2D eigenvalue weighted by atomic mass is 16.7. The second kappa shape index (κ2) is 12.6. The van der Waals surface area contributed by atoms with E-state index in [1.165, 1.54) is 16.6 Å². The van der Waals surface area contributed by atoms with Gasteiger partial charge in [0.25, 0.3) is 0 Å². The lowest BCUT2D eigenvalue weighted by atomic mass is 9.99. The summed E-state index contributed by atoms with van der Waals surface area (Å²) in [4.78, 5) is 28.2. The first-order chi connectivity index (χ1) is 22.3. The van der Waals surface area contributed by atoms with Crippen molar-refractivity contribution in [2.24, 2.45) is 0 Å². The highest BCUT2D eigenvalue weighted by Gasteiger charge is 2.48. The summed E-state index contributed by atoms with van der Waals surface area (Å²) in [6.07, 6.45) is -2.62. The van der Waals surface area contributed by atoms with Crippen molar-refractivity contribution >= 4 is 39.1 Å². The summed E-state index contributed by atoms with van der Waals surface area (Å²) in [5, 5.41) is 42.2. The van der Waals surface area contributed by atoms with Crippen LogP contribution in [-0.4, -0.2) is 117 Å². The standard InChI is InChI=1S/C34H39N5O7/c1-20-6-7-25(28-24(20)5-3-11-36-28)38-12-8-22(9-13-38)37-14-16-39(17-15-37)26-19-23(18-21-4-2-10-35-27(21)26)45-34-31(42)29(40)30(41)32(46-34)33(43)44/h2-7,10-11,18-19,22,29-32,34,40-42H,8-9,12-17H2,1H3,(H,43,44). The van der Waals surface area contributed by atoms with Crippen molar-refractivity contribution in [3.05, 3.63) is 66.5 Å². The molecule has 5 unspecified atom stereocenters. The monoisotopic (exact) mass is 629 g/mol. The van der Waals surface area contributed by atoms with E-state index in [1.807, 2.05) is 30.5 Å². The molecule has 12 nitrogen and oxygen atoms in total. The third kappa shape index (κ3) is 5.71. The SMILES string of the molecule is Cc1ccc(N2CCC(N3CCN(c4cc(OC5OC(C(=O)O)C(O)C(O)C5O)cc5cccnc45)CC3)CC2)c2ncccc12. The van der Waals surface area contributed by atoms with Crippen molar-refractivity contribution in [2.75, 3.05) is 49.1 Å². The molecule has 0 bridgehead atoms. The van der Waals surface area contributed by atoms with Crippen LogP contribution in [0.25, 0.3) is 21.8 Å². The lowest BCUT2D eigenvalue weighted by Gasteiger charge is -2.44. The van der Waals surface area contributed by atoms with Crippen molar-refractivity contribution in [3.8, 4) is 5.75 Å². The van der Waals surface area contributed by atoms with Gasteiger partial charge in [0.1, 0.15) is 24.1 Å². The van der Waals surface area contributed by atoms with E-state index in [9.17, 15) is 25.2 Å². The van der Waals surface area contributed by atoms with Crippen molar-refractivity contribution < 1.29 is 34.7 Å². The van der Waals surface area contributed by atoms with Gasteiger partial charge in [-0.1, -0.05) is 18.2 Å². The third-order valence-corrected chi connectivity index (χ3v) is 9.67. The van der Waals surface area contributed by atoms with Gasteiger partial charge in [-0.3, -0.25) is 14.9 Å². The number of aliphatic hydroxyl groups is 3. The van der Waals surface area contributed by atoms with E-state index in [0.717, 1.165) is 74.2 Å². The van der Waals surface area contributed by atoms with Crippen molar-refractivity contribution in [3.63, 3.8) is 0 Å². The van der Waals surface area contributed by atoms with Crippen LogP contribution >= 0.6 is 0 Å². The van der Waals surface area contributed by atoms with E-state index in [2.05, 4.69) is 44.8 Å². The highest BCUT2D eigenvalue weighted by molar-refractivity contribution is 5.93. The Balaban J connectivity index is 1.03. The number of aromatic nitrogens is 2. The zero-order valence-electron chi connectivity index (χ0n) is 25.6. The molecule has 4 N–H and O–H groups in total. The van der Waals surface area contributed by atoms with Crippen LogP contribution in [0, 0.1) is 6.92 Å². The predicted octanol–water partition coefficient (Wildman–Crippen LogP) is 2.15. The van der Waals surface area contributed by atoms with E-state index >= 15 is 0 Å². The molecule has 3 aliphatic heterocycles. The zero-order chi connectivity index (χ0) is 31.9. The van der Waals surface area contributed by atoms with E-state index < -0.39 is 36.7 Å². The third-order valence-electron chi connectivity index (χ3n) is 9.67. The minimum Gasteiger partial charge on any atom is -0.479 e.